The second kappa shape index (κ2) is 6.22. The molecule has 0 aliphatic rings. The van der Waals surface area contributed by atoms with Crippen molar-refractivity contribution in [3.63, 3.8) is 0 Å². The summed E-state index contributed by atoms with van der Waals surface area (Å²) in [5, 5.41) is 7.71. The molecular formula is C14H21N3O2. The Hall–Kier alpha value is -2.04. The second-order valence-corrected chi connectivity index (χ2v) is 4.83. The number of amidine groups is 1. The molecule has 0 saturated carbocycles. The number of urea groups is 1. The quantitative estimate of drug-likeness (QED) is 0.646. The Bertz CT molecular complexity index is 484. The van der Waals surface area contributed by atoms with Crippen molar-refractivity contribution >= 4 is 11.9 Å². The molecule has 0 aliphatic heterocycles. The summed E-state index contributed by atoms with van der Waals surface area (Å²) in [6, 6.07) is 5.33. The van der Waals surface area contributed by atoms with Crippen LogP contribution in [0.5, 0.6) is 5.75 Å². The number of amides is 2. The molecule has 19 heavy (non-hydrogen) atoms. The van der Waals surface area contributed by atoms with E-state index in [0.717, 1.165) is 21.8 Å². The molecule has 0 unspecified atom stereocenters. The van der Waals surface area contributed by atoms with Gasteiger partial charge >= 0.3 is 6.03 Å². The summed E-state index contributed by atoms with van der Waals surface area (Å²) in [7, 11) is 1.45. The zero-order valence-electron chi connectivity index (χ0n) is 11.9. The van der Waals surface area contributed by atoms with Gasteiger partial charge in [-0.15, -0.1) is 0 Å². The topological polar surface area (TPSA) is 79.4 Å². The van der Waals surface area contributed by atoms with Crippen molar-refractivity contribution in [2.24, 2.45) is 5.73 Å². The number of nitrogens with one attached hydrogen (secondary N) is 1. The average molecular weight is 263 g/mol. The predicted molar refractivity (Wildman–Crippen MR) is 75.8 cm³/mol. The molecule has 1 aromatic rings. The zero-order valence-corrected chi connectivity index (χ0v) is 11.9. The summed E-state index contributed by atoms with van der Waals surface area (Å²) in [5.41, 5.74) is 7.27. The summed E-state index contributed by atoms with van der Waals surface area (Å²) in [6.45, 7) is 6.16. The Morgan fingerprint density at radius 1 is 1.47 bits per heavy atom. The number of hydrogen-bond acceptors (Lipinski definition) is 3. The first-order valence-electron chi connectivity index (χ1n) is 6.16. The van der Waals surface area contributed by atoms with Gasteiger partial charge in [0.15, 0.2) is 0 Å². The smallest absolute Gasteiger partial charge is 0.320 e. The van der Waals surface area contributed by atoms with Crippen molar-refractivity contribution in [2.45, 2.75) is 26.7 Å². The molecule has 5 nitrogen and oxygen atoms in total. The molecule has 0 heterocycles. The van der Waals surface area contributed by atoms with Gasteiger partial charge in [-0.05, 0) is 30.0 Å². The highest BCUT2D eigenvalue weighted by Gasteiger charge is 2.13. The molecule has 1 aromatic carbocycles. The standard InChI is InChI=1S/C14H21N3O2/c1-9(2)11-6-5-10(3)7-12(11)19-8-13(15)17(4)14(16)18/h5-7,9,15H,8H2,1-4H3,(H2,16,18). The molecule has 0 aliphatic carbocycles. The fourth-order valence-electron chi connectivity index (χ4n) is 1.62. The maximum absolute atomic E-state index is 10.9. The molecule has 1 rings (SSSR count). The number of carbonyl (C=O) groups is 1. The van der Waals surface area contributed by atoms with Gasteiger partial charge in [-0.25, -0.2) is 4.79 Å². The van der Waals surface area contributed by atoms with Crippen LogP contribution in [-0.4, -0.2) is 30.4 Å². The number of aryl methyl sites for hydroxylation is 1. The molecule has 0 saturated heterocycles. The highest BCUT2D eigenvalue weighted by atomic mass is 16.5. The Morgan fingerprint density at radius 2 is 2.11 bits per heavy atom. The molecular weight excluding hydrogens is 242 g/mol. The summed E-state index contributed by atoms with van der Waals surface area (Å²) in [4.78, 5) is 12.0. The molecule has 0 aromatic heterocycles. The molecule has 0 radical (unpaired) electrons. The minimum absolute atomic E-state index is 0.0165. The highest BCUT2D eigenvalue weighted by molar-refractivity contribution is 5.95. The number of ether oxygens (including phenoxy) is 1. The lowest BCUT2D eigenvalue weighted by Gasteiger charge is -2.18. The third-order valence-electron chi connectivity index (χ3n) is 2.89. The van der Waals surface area contributed by atoms with Crippen LogP contribution < -0.4 is 10.5 Å². The summed E-state index contributed by atoms with van der Waals surface area (Å²) < 4.78 is 5.64. The van der Waals surface area contributed by atoms with E-state index in [1.165, 1.54) is 7.05 Å². The first kappa shape index (κ1) is 15.0. The first-order valence-corrected chi connectivity index (χ1v) is 6.16. The van der Waals surface area contributed by atoms with Crippen LogP contribution in [0.1, 0.15) is 30.9 Å². The summed E-state index contributed by atoms with van der Waals surface area (Å²) in [6.07, 6.45) is 0. The minimum Gasteiger partial charge on any atom is -0.485 e. The van der Waals surface area contributed by atoms with Crippen molar-refractivity contribution in [3.8, 4) is 5.75 Å². The molecule has 0 bridgehead atoms. The predicted octanol–water partition coefficient (Wildman–Crippen LogP) is 2.48. The van der Waals surface area contributed by atoms with Crippen LogP contribution in [0.2, 0.25) is 0 Å². The number of rotatable bonds is 4. The maximum atomic E-state index is 10.9. The average Bonchev–Trinajstić information content (AvgIpc) is 2.34. The largest absolute Gasteiger partial charge is 0.485 e. The van der Waals surface area contributed by atoms with E-state index in [2.05, 4.69) is 13.8 Å². The lowest BCUT2D eigenvalue weighted by atomic mass is 10.0. The van der Waals surface area contributed by atoms with Gasteiger partial charge in [0, 0.05) is 7.05 Å². The maximum Gasteiger partial charge on any atom is 0.320 e. The number of nitrogens with zero attached hydrogens (tertiary/aromatic N) is 1. The summed E-state index contributed by atoms with van der Waals surface area (Å²) in [5.74, 6) is 1.11. The van der Waals surface area contributed by atoms with Gasteiger partial charge in [0.25, 0.3) is 0 Å². The lowest BCUT2D eigenvalue weighted by molar-refractivity contribution is 0.233. The molecule has 0 atom stereocenters. The number of likely N-dealkylation sites (N-methyl/N-ethyl adjacent to an activating group) is 1. The Labute approximate surface area is 113 Å². The van der Waals surface area contributed by atoms with E-state index in [-0.39, 0.29) is 12.4 Å². The second-order valence-electron chi connectivity index (χ2n) is 4.83. The van der Waals surface area contributed by atoms with E-state index >= 15 is 0 Å². The number of carbonyl (C=O) groups excluding carboxylic acids is 1. The van der Waals surface area contributed by atoms with Crippen LogP contribution in [0, 0.1) is 12.3 Å². The lowest BCUT2D eigenvalue weighted by Crippen LogP contribution is -2.39. The molecule has 104 valence electrons. The van der Waals surface area contributed by atoms with Gasteiger partial charge in [0.2, 0.25) is 0 Å². The molecule has 2 amide bonds. The monoisotopic (exact) mass is 263 g/mol. The van der Waals surface area contributed by atoms with Crippen molar-refractivity contribution in [3.05, 3.63) is 29.3 Å². The highest BCUT2D eigenvalue weighted by Crippen LogP contribution is 2.27. The Morgan fingerprint density at radius 3 is 2.63 bits per heavy atom. The van der Waals surface area contributed by atoms with Crippen molar-refractivity contribution in [1.29, 1.82) is 5.41 Å². The van der Waals surface area contributed by atoms with Crippen LogP contribution in [0.3, 0.4) is 0 Å². The minimum atomic E-state index is -0.665. The van der Waals surface area contributed by atoms with Crippen LogP contribution in [0.15, 0.2) is 18.2 Å². The fraction of sp³-hybridized carbons (Fsp3) is 0.429. The van der Waals surface area contributed by atoms with Crippen LogP contribution >= 0.6 is 0 Å². The van der Waals surface area contributed by atoms with Crippen molar-refractivity contribution in [2.75, 3.05) is 13.7 Å². The molecule has 3 N–H and O–H groups in total. The third kappa shape index (κ3) is 3.98. The van der Waals surface area contributed by atoms with Gasteiger partial charge in [0.05, 0.1) is 0 Å². The van der Waals surface area contributed by atoms with E-state index in [4.69, 9.17) is 15.9 Å². The van der Waals surface area contributed by atoms with Gasteiger partial charge < -0.3 is 10.5 Å². The molecule has 0 spiro atoms. The number of benzene rings is 1. The number of primary amides is 1. The van der Waals surface area contributed by atoms with Gasteiger partial charge in [0.1, 0.15) is 18.2 Å². The van der Waals surface area contributed by atoms with Crippen LogP contribution in [0.25, 0.3) is 0 Å². The van der Waals surface area contributed by atoms with Crippen molar-refractivity contribution in [1.82, 2.24) is 4.90 Å². The number of nitrogens with two attached hydrogens (primary N) is 1. The summed E-state index contributed by atoms with van der Waals surface area (Å²) >= 11 is 0. The molecule has 0 fully saturated rings. The van der Waals surface area contributed by atoms with E-state index < -0.39 is 6.03 Å². The van der Waals surface area contributed by atoms with Crippen LogP contribution in [-0.2, 0) is 0 Å². The van der Waals surface area contributed by atoms with Crippen molar-refractivity contribution < 1.29 is 9.53 Å². The fourth-order valence-corrected chi connectivity index (χ4v) is 1.62. The van der Waals surface area contributed by atoms with E-state index in [0.29, 0.717) is 5.92 Å². The van der Waals surface area contributed by atoms with Gasteiger partial charge in [-0.3, -0.25) is 10.3 Å². The van der Waals surface area contributed by atoms with E-state index in [1.807, 2.05) is 25.1 Å². The van der Waals surface area contributed by atoms with Gasteiger partial charge in [-0.1, -0.05) is 26.0 Å². The SMILES string of the molecule is Cc1ccc(C(C)C)c(OCC(=N)N(C)C(N)=O)c1. The van der Waals surface area contributed by atoms with E-state index in [9.17, 15) is 4.79 Å². The zero-order chi connectivity index (χ0) is 14.6. The van der Waals surface area contributed by atoms with E-state index in [1.54, 1.807) is 0 Å². The Kier molecular flexibility index (Phi) is 4.92. The van der Waals surface area contributed by atoms with Crippen LogP contribution in [0.4, 0.5) is 4.79 Å². The number of hydrogen-bond donors (Lipinski definition) is 2. The normalized spacial score (nSPS) is 10.4. The Balaban J connectivity index is 2.80. The first-order chi connectivity index (χ1) is 8.82. The third-order valence-corrected chi connectivity index (χ3v) is 2.89. The molecule has 5 heteroatoms. The van der Waals surface area contributed by atoms with Gasteiger partial charge in [-0.2, -0.15) is 0 Å².